The Bertz CT molecular complexity index is 911. The Morgan fingerprint density at radius 1 is 1.33 bits per heavy atom. The van der Waals surface area contributed by atoms with Gasteiger partial charge in [-0.2, -0.15) is 10.2 Å². The van der Waals surface area contributed by atoms with E-state index in [9.17, 15) is 0 Å². The van der Waals surface area contributed by atoms with Crippen LogP contribution in [-0.2, 0) is 13.6 Å². The van der Waals surface area contributed by atoms with Crippen molar-refractivity contribution in [3.05, 3.63) is 60.3 Å². The summed E-state index contributed by atoms with van der Waals surface area (Å²) in [6.45, 7) is 2.64. The molecule has 4 heterocycles. The highest BCUT2D eigenvalue weighted by molar-refractivity contribution is 5.80. The Hall–Kier alpha value is -3.16. The molecule has 8 heteroatoms. The van der Waals surface area contributed by atoms with Crippen LogP contribution >= 0.6 is 0 Å². The fraction of sp³-hybridized carbons (Fsp3) is 0.368. The smallest absolute Gasteiger partial charge is 0.193 e. The quantitative estimate of drug-likeness (QED) is 0.562. The maximum atomic E-state index is 4.47. The van der Waals surface area contributed by atoms with E-state index in [-0.39, 0.29) is 0 Å². The molecular weight excluding hydrogens is 340 g/mol. The van der Waals surface area contributed by atoms with Crippen molar-refractivity contribution in [3.63, 3.8) is 0 Å². The number of aliphatic imine (C=N–C) groups is 1. The van der Waals surface area contributed by atoms with Crippen molar-refractivity contribution in [2.45, 2.75) is 18.9 Å². The van der Waals surface area contributed by atoms with Gasteiger partial charge in [-0.15, -0.1) is 0 Å². The monoisotopic (exact) mass is 364 g/mol. The molecule has 1 saturated heterocycles. The Kier molecular flexibility index (Phi) is 4.86. The number of nitrogens with zero attached hydrogens (tertiary/aromatic N) is 7. The molecule has 0 radical (unpaired) electrons. The average Bonchev–Trinajstić information content (AvgIpc) is 3.44. The topological polar surface area (TPSA) is 76.2 Å². The third-order valence-corrected chi connectivity index (χ3v) is 4.90. The van der Waals surface area contributed by atoms with E-state index in [0.29, 0.717) is 12.5 Å². The molecule has 3 aromatic rings. The molecule has 0 saturated carbocycles. The minimum absolute atomic E-state index is 0.504. The zero-order valence-electron chi connectivity index (χ0n) is 15.7. The number of aromatic nitrogens is 5. The maximum Gasteiger partial charge on any atom is 0.193 e. The Morgan fingerprint density at radius 2 is 2.26 bits per heavy atom. The van der Waals surface area contributed by atoms with Crippen LogP contribution in [0.5, 0.6) is 0 Å². The van der Waals surface area contributed by atoms with Gasteiger partial charge in [0.25, 0.3) is 0 Å². The van der Waals surface area contributed by atoms with E-state index in [1.807, 2.05) is 55.6 Å². The van der Waals surface area contributed by atoms with Gasteiger partial charge in [0.2, 0.25) is 0 Å². The SMILES string of the molecule is CN=C(NCc1ccnc(-n2cccn2)c1)N1CCC(c2cnn(C)c2)C1. The van der Waals surface area contributed by atoms with E-state index >= 15 is 0 Å². The maximum absolute atomic E-state index is 4.47. The first-order valence-electron chi connectivity index (χ1n) is 9.12. The van der Waals surface area contributed by atoms with Crippen LogP contribution < -0.4 is 5.32 Å². The summed E-state index contributed by atoms with van der Waals surface area (Å²) in [5, 5.41) is 12.0. The van der Waals surface area contributed by atoms with Crippen LogP contribution in [0.2, 0.25) is 0 Å². The lowest BCUT2D eigenvalue weighted by atomic mass is 10.0. The molecule has 1 N–H and O–H groups in total. The highest BCUT2D eigenvalue weighted by Crippen LogP contribution is 2.26. The molecule has 1 fully saturated rings. The van der Waals surface area contributed by atoms with Gasteiger partial charge in [0, 0.05) is 64.4 Å². The molecule has 4 rings (SSSR count). The number of hydrogen-bond donors (Lipinski definition) is 1. The van der Waals surface area contributed by atoms with Crippen molar-refractivity contribution in [1.29, 1.82) is 0 Å². The lowest BCUT2D eigenvalue weighted by molar-refractivity contribution is 0.486. The van der Waals surface area contributed by atoms with Crippen LogP contribution in [0.1, 0.15) is 23.5 Å². The Labute approximate surface area is 158 Å². The van der Waals surface area contributed by atoms with Gasteiger partial charge in [-0.25, -0.2) is 9.67 Å². The van der Waals surface area contributed by atoms with Crippen molar-refractivity contribution < 1.29 is 0 Å². The second kappa shape index (κ2) is 7.61. The largest absolute Gasteiger partial charge is 0.352 e. The fourth-order valence-corrected chi connectivity index (χ4v) is 3.49. The molecule has 27 heavy (non-hydrogen) atoms. The molecule has 140 valence electrons. The molecule has 0 aliphatic carbocycles. The zero-order chi connectivity index (χ0) is 18.6. The fourth-order valence-electron chi connectivity index (χ4n) is 3.49. The Balaban J connectivity index is 1.38. The van der Waals surface area contributed by atoms with Gasteiger partial charge in [-0.1, -0.05) is 0 Å². The number of likely N-dealkylation sites (tertiary alicyclic amines) is 1. The van der Waals surface area contributed by atoms with E-state index < -0.39 is 0 Å². The molecule has 1 unspecified atom stereocenters. The first-order valence-corrected chi connectivity index (χ1v) is 9.12. The average molecular weight is 364 g/mol. The van der Waals surface area contributed by atoms with E-state index in [0.717, 1.165) is 36.9 Å². The minimum atomic E-state index is 0.504. The van der Waals surface area contributed by atoms with Crippen LogP contribution in [0.4, 0.5) is 0 Å². The molecule has 1 atom stereocenters. The number of hydrogen-bond acceptors (Lipinski definition) is 4. The third kappa shape index (κ3) is 3.84. The molecule has 1 aliphatic heterocycles. The lowest BCUT2D eigenvalue weighted by Crippen LogP contribution is -2.39. The first kappa shape index (κ1) is 17.3. The summed E-state index contributed by atoms with van der Waals surface area (Å²) in [4.78, 5) is 11.2. The van der Waals surface area contributed by atoms with Gasteiger partial charge in [-0.3, -0.25) is 9.67 Å². The lowest BCUT2D eigenvalue weighted by Gasteiger charge is -2.21. The van der Waals surface area contributed by atoms with Gasteiger partial charge in [0.05, 0.1) is 6.20 Å². The van der Waals surface area contributed by atoms with E-state index in [4.69, 9.17) is 0 Å². The number of pyridine rings is 1. The highest BCUT2D eigenvalue weighted by Gasteiger charge is 2.26. The molecule has 0 amide bonds. The van der Waals surface area contributed by atoms with Crippen LogP contribution in [0.3, 0.4) is 0 Å². The third-order valence-electron chi connectivity index (χ3n) is 4.90. The van der Waals surface area contributed by atoms with Gasteiger partial charge in [-0.05, 0) is 35.7 Å². The highest BCUT2D eigenvalue weighted by atomic mass is 15.3. The number of guanidine groups is 1. The van der Waals surface area contributed by atoms with Crippen molar-refractivity contribution in [3.8, 4) is 5.82 Å². The first-order chi connectivity index (χ1) is 13.2. The number of aryl methyl sites for hydroxylation is 1. The van der Waals surface area contributed by atoms with Crippen molar-refractivity contribution >= 4 is 5.96 Å². The second-order valence-electron chi connectivity index (χ2n) is 6.75. The number of nitrogens with one attached hydrogen (secondary N) is 1. The summed E-state index contributed by atoms with van der Waals surface area (Å²) >= 11 is 0. The predicted octanol–water partition coefficient (Wildman–Crippen LogP) is 1.57. The van der Waals surface area contributed by atoms with Crippen molar-refractivity contribution in [1.82, 2.24) is 34.8 Å². The summed E-state index contributed by atoms with van der Waals surface area (Å²) in [6.07, 6.45) is 10.6. The normalized spacial score (nSPS) is 17.5. The second-order valence-corrected chi connectivity index (χ2v) is 6.75. The summed E-state index contributed by atoms with van der Waals surface area (Å²) in [5.74, 6) is 2.25. The molecule has 0 aromatic carbocycles. The summed E-state index contributed by atoms with van der Waals surface area (Å²) in [5.41, 5.74) is 2.44. The van der Waals surface area contributed by atoms with E-state index in [1.165, 1.54) is 5.56 Å². The zero-order valence-corrected chi connectivity index (χ0v) is 15.7. The van der Waals surface area contributed by atoms with Gasteiger partial charge >= 0.3 is 0 Å². The van der Waals surface area contributed by atoms with Crippen LogP contribution in [0.25, 0.3) is 5.82 Å². The predicted molar refractivity (Wildman–Crippen MR) is 104 cm³/mol. The van der Waals surface area contributed by atoms with Crippen LogP contribution in [-0.4, -0.2) is 55.5 Å². The molecule has 0 spiro atoms. The van der Waals surface area contributed by atoms with E-state index in [1.54, 1.807) is 10.9 Å². The van der Waals surface area contributed by atoms with E-state index in [2.05, 4.69) is 36.6 Å². The van der Waals surface area contributed by atoms with Gasteiger partial charge in [0.15, 0.2) is 11.8 Å². The molecular formula is C19H24N8. The molecule has 1 aliphatic rings. The molecule has 3 aromatic heterocycles. The summed E-state index contributed by atoms with van der Waals surface area (Å²) in [6, 6.07) is 5.94. The molecule has 8 nitrogen and oxygen atoms in total. The minimum Gasteiger partial charge on any atom is -0.352 e. The number of rotatable bonds is 4. The van der Waals surface area contributed by atoms with Crippen molar-refractivity contribution in [2.24, 2.45) is 12.0 Å². The summed E-state index contributed by atoms with van der Waals surface area (Å²) < 4.78 is 3.63. The van der Waals surface area contributed by atoms with Gasteiger partial charge < -0.3 is 10.2 Å². The standard InChI is InChI=1S/C19H24N8/c1-20-19(26-9-5-16(14-26)17-12-24-25(2)13-17)22-11-15-4-7-21-18(10-15)27-8-3-6-23-27/h3-4,6-8,10,12-13,16H,5,9,11,14H2,1-2H3,(H,20,22). The van der Waals surface area contributed by atoms with Crippen LogP contribution in [0, 0.1) is 0 Å². The summed E-state index contributed by atoms with van der Waals surface area (Å²) in [7, 11) is 3.80. The van der Waals surface area contributed by atoms with Crippen molar-refractivity contribution in [2.75, 3.05) is 20.1 Å². The Morgan fingerprint density at radius 3 is 3.00 bits per heavy atom. The van der Waals surface area contributed by atoms with Crippen LogP contribution in [0.15, 0.2) is 54.2 Å². The van der Waals surface area contributed by atoms with Gasteiger partial charge in [0.1, 0.15) is 0 Å². The molecule has 0 bridgehead atoms.